The molecule has 0 saturated carbocycles. The van der Waals surface area contributed by atoms with Gasteiger partial charge < -0.3 is 14.2 Å². The van der Waals surface area contributed by atoms with E-state index in [2.05, 4.69) is 14.7 Å². The number of ether oxygens (including phenoxy) is 3. The van der Waals surface area contributed by atoms with E-state index < -0.39 is 27.4 Å². The number of rotatable bonds is 9. The van der Waals surface area contributed by atoms with Gasteiger partial charge in [0.2, 0.25) is 5.16 Å². The molecule has 0 N–H and O–H groups in total. The Morgan fingerprint density at radius 1 is 1.18 bits per heavy atom. The smallest absolute Gasteiger partial charge is 0.387 e. The number of hydrogen-bond donors (Lipinski definition) is 0. The van der Waals surface area contributed by atoms with Crippen molar-refractivity contribution in [3.05, 3.63) is 53.7 Å². The van der Waals surface area contributed by atoms with Gasteiger partial charge in [-0.15, -0.1) is 11.3 Å². The van der Waals surface area contributed by atoms with Crippen molar-refractivity contribution in [2.75, 3.05) is 14.2 Å². The van der Waals surface area contributed by atoms with Crippen molar-refractivity contribution in [2.45, 2.75) is 21.7 Å². The second kappa shape index (κ2) is 9.64. The van der Waals surface area contributed by atoms with Crippen LogP contribution in [0, 0.1) is 0 Å². The van der Waals surface area contributed by atoms with Crippen LogP contribution in [0.25, 0.3) is 11.0 Å². The summed E-state index contributed by atoms with van der Waals surface area (Å²) in [4.78, 5) is 8.43. The number of aromatic nitrogens is 3. The van der Waals surface area contributed by atoms with Gasteiger partial charge in [0.05, 0.1) is 47.5 Å². The van der Waals surface area contributed by atoms with Crippen molar-refractivity contribution in [1.82, 2.24) is 13.9 Å². The SMILES string of the molecule is COc1ccnc(CS(=O)c2nc3ccc(OC(F)F)cc3n2S(=O)(=O)c2cccs2)c1OC. The summed E-state index contributed by atoms with van der Waals surface area (Å²) < 4.78 is 81.6. The minimum absolute atomic E-state index is 0.0395. The van der Waals surface area contributed by atoms with E-state index in [1.807, 2.05) is 0 Å². The first-order chi connectivity index (χ1) is 16.3. The normalized spacial score (nSPS) is 12.7. The fourth-order valence-electron chi connectivity index (χ4n) is 3.21. The summed E-state index contributed by atoms with van der Waals surface area (Å²) in [5.74, 6) is 0.0931. The lowest BCUT2D eigenvalue weighted by atomic mass is 10.3. The zero-order chi connectivity index (χ0) is 24.5. The molecule has 1 aromatic carbocycles. The maximum Gasteiger partial charge on any atom is 0.387 e. The Bertz CT molecular complexity index is 1460. The molecule has 4 aromatic rings. The fraction of sp³-hybridized carbons (Fsp3) is 0.200. The van der Waals surface area contributed by atoms with Crippen LogP contribution >= 0.6 is 11.3 Å². The molecule has 180 valence electrons. The van der Waals surface area contributed by atoms with E-state index in [9.17, 15) is 21.4 Å². The summed E-state index contributed by atoms with van der Waals surface area (Å²) >= 11 is 0.951. The van der Waals surface area contributed by atoms with Crippen LogP contribution in [0.1, 0.15) is 5.69 Å². The van der Waals surface area contributed by atoms with Crippen molar-refractivity contribution in [1.29, 1.82) is 0 Å². The summed E-state index contributed by atoms with van der Waals surface area (Å²) in [6, 6.07) is 8.15. The van der Waals surface area contributed by atoms with Crippen LogP contribution in [0.15, 0.2) is 57.3 Å². The Morgan fingerprint density at radius 2 is 1.97 bits per heavy atom. The first-order valence-electron chi connectivity index (χ1n) is 9.47. The van der Waals surface area contributed by atoms with Crippen molar-refractivity contribution in [2.24, 2.45) is 0 Å². The molecular weight excluding hydrogens is 512 g/mol. The molecule has 0 aliphatic rings. The largest absolute Gasteiger partial charge is 0.493 e. The summed E-state index contributed by atoms with van der Waals surface area (Å²) in [6.07, 6.45) is 1.44. The van der Waals surface area contributed by atoms with E-state index in [-0.39, 0.29) is 43.3 Å². The third-order valence-electron chi connectivity index (χ3n) is 4.61. The number of methoxy groups -OCH3 is 2. The first kappa shape index (κ1) is 24.0. The van der Waals surface area contributed by atoms with Gasteiger partial charge in [-0.05, 0) is 23.6 Å². The Kier molecular flexibility index (Phi) is 6.81. The average Bonchev–Trinajstić information content (AvgIpc) is 3.47. The molecule has 34 heavy (non-hydrogen) atoms. The summed E-state index contributed by atoms with van der Waals surface area (Å²) in [5, 5.41) is 1.27. The number of hydrogen-bond acceptors (Lipinski definition) is 9. The standard InChI is InChI=1S/C20H17F2N3O6S3/c1-29-16-7-8-23-14(18(16)30-2)11-33(26)20-24-13-6-5-12(31-19(21)22)10-15(13)25(20)34(27,28)17-4-3-9-32-17/h3-10,19H,11H2,1-2H3. The molecule has 0 amide bonds. The Hall–Kier alpha value is -3.10. The summed E-state index contributed by atoms with van der Waals surface area (Å²) in [7, 11) is -3.47. The van der Waals surface area contributed by atoms with Gasteiger partial charge in [0.15, 0.2) is 11.5 Å². The third-order valence-corrected chi connectivity index (χ3v) is 9.02. The topological polar surface area (TPSA) is 110 Å². The third kappa shape index (κ3) is 4.48. The average molecular weight is 530 g/mol. The van der Waals surface area contributed by atoms with Crippen molar-refractivity contribution < 1.29 is 35.6 Å². The number of thiophene rings is 1. The Balaban J connectivity index is 1.88. The van der Waals surface area contributed by atoms with Gasteiger partial charge in [0.1, 0.15) is 9.96 Å². The first-order valence-corrected chi connectivity index (χ1v) is 13.1. The molecule has 0 aliphatic heterocycles. The molecule has 0 spiro atoms. The molecule has 0 radical (unpaired) electrons. The lowest BCUT2D eigenvalue weighted by Crippen LogP contribution is -2.17. The van der Waals surface area contributed by atoms with E-state index >= 15 is 0 Å². The molecule has 0 bridgehead atoms. The van der Waals surface area contributed by atoms with E-state index in [4.69, 9.17) is 9.47 Å². The second-order valence-electron chi connectivity index (χ2n) is 6.61. The number of halogens is 2. The molecule has 1 atom stereocenters. The number of alkyl halides is 2. The molecule has 3 aromatic heterocycles. The number of pyridine rings is 1. The van der Waals surface area contributed by atoms with Crippen LogP contribution in [0.2, 0.25) is 0 Å². The van der Waals surface area contributed by atoms with Crippen LogP contribution in [0.3, 0.4) is 0 Å². The number of benzene rings is 1. The van der Waals surface area contributed by atoms with Crippen molar-refractivity contribution in [3.63, 3.8) is 0 Å². The van der Waals surface area contributed by atoms with Crippen LogP contribution in [0.4, 0.5) is 8.78 Å². The second-order valence-corrected chi connectivity index (χ2v) is 10.9. The van der Waals surface area contributed by atoms with Gasteiger partial charge in [0.25, 0.3) is 10.0 Å². The molecule has 0 fully saturated rings. The van der Waals surface area contributed by atoms with Gasteiger partial charge in [-0.25, -0.2) is 8.96 Å². The Labute approximate surface area is 199 Å². The molecule has 3 heterocycles. The van der Waals surface area contributed by atoms with Gasteiger partial charge in [0, 0.05) is 18.3 Å². The van der Waals surface area contributed by atoms with E-state index in [1.165, 1.54) is 38.6 Å². The highest BCUT2D eigenvalue weighted by Crippen LogP contribution is 2.33. The van der Waals surface area contributed by atoms with Gasteiger partial charge in [-0.1, -0.05) is 6.07 Å². The minimum Gasteiger partial charge on any atom is -0.493 e. The monoisotopic (exact) mass is 529 g/mol. The van der Waals surface area contributed by atoms with E-state index in [0.717, 1.165) is 21.4 Å². The molecule has 9 nitrogen and oxygen atoms in total. The summed E-state index contributed by atoms with van der Waals surface area (Å²) in [5.41, 5.74) is 0.338. The summed E-state index contributed by atoms with van der Waals surface area (Å²) in [6.45, 7) is -3.11. The zero-order valence-corrected chi connectivity index (χ0v) is 20.1. The lowest BCUT2D eigenvalue weighted by molar-refractivity contribution is -0.0497. The Morgan fingerprint density at radius 3 is 2.62 bits per heavy atom. The van der Waals surface area contributed by atoms with Crippen LogP contribution < -0.4 is 14.2 Å². The number of imidazole rings is 1. The highest BCUT2D eigenvalue weighted by molar-refractivity contribution is 7.93. The molecule has 1 unspecified atom stereocenters. The van der Waals surface area contributed by atoms with Crippen LogP contribution in [-0.2, 0) is 26.6 Å². The number of nitrogens with zero attached hydrogens (tertiary/aromatic N) is 3. The maximum atomic E-state index is 13.5. The van der Waals surface area contributed by atoms with Gasteiger partial charge >= 0.3 is 6.61 Å². The quantitative estimate of drug-likeness (QED) is 0.323. The lowest BCUT2D eigenvalue weighted by Gasteiger charge is -2.12. The molecule has 0 saturated heterocycles. The van der Waals surface area contributed by atoms with E-state index in [1.54, 1.807) is 17.5 Å². The minimum atomic E-state index is -4.26. The van der Waals surface area contributed by atoms with Crippen LogP contribution in [0.5, 0.6) is 17.2 Å². The van der Waals surface area contributed by atoms with Crippen molar-refractivity contribution in [3.8, 4) is 17.2 Å². The predicted molar refractivity (Wildman–Crippen MR) is 121 cm³/mol. The molecule has 0 aliphatic carbocycles. The zero-order valence-electron chi connectivity index (χ0n) is 17.7. The molecule has 14 heteroatoms. The predicted octanol–water partition coefficient (Wildman–Crippen LogP) is 3.66. The highest BCUT2D eigenvalue weighted by atomic mass is 32.2. The number of fused-ring (bicyclic) bond motifs is 1. The van der Waals surface area contributed by atoms with Crippen molar-refractivity contribution >= 4 is 43.2 Å². The van der Waals surface area contributed by atoms with Gasteiger partial charge in [-0.3, -0.25) is 9.19 Å². The van der Waals surface area contributed by atoms with Crippen LogP contribution in [-0.4, -0.2) is 47.4 Å². The molecule has 4 rings (SSSR count). The van der Waals surface area contributed by atoms with Gasteiger partial charge in [-0.2, -0.15) is 17.2 Å². The highest BCUT2D eigenvalue weighted by Gasteiger charge is 2.29. The molecular formula is C20H17F2N3O6S3. The fourth-order valence-corrected chi connectivity index (χ4v) is 7.22. The maximum absolute atomic E-state index is 13.5. The van der Waals surface area contributed by atoms with E-state index in [0.29, 0.717) is 5.75 Å².